The van der Waals surface area contributed by atoms with Gasteiger partial charge in [0.2, 0.25) is 11.8 Å². The van der Waals surface area contributed by atoms with E-state index in [-0.39, 0.29) is 24.7 Å². The van der Waals surface area contributed by atoms with E-state index in [1.807, 2.05) is 4.90 Å². The standard InChI is InChI=1S/C15H24F2N2O/c16-15(17)7-5-11(6-8-15)14(20)19(13-3-4-13)10-12-2-1-9-18-12/h11-13,18H,1-10H2. The number of rotatable bonds is 4. The molecular formula is C15H24F2N2O. The van der Waals surface area contributed by atoms with Gasteiger partial charge in [0.1, 0.15) is 0 Å². The molecule has 20 heavy (non-hydrogen) atoms. The van der Waals surface area contributed by atoms with Gasteiger partial charge >= 0.3 is 0 Å². The summed E-state index contributed by atoms with van der Waals surface area (Å²) in [5.74, 6) is -2.58. The molecule has 1 heterocycles. The number of amides is 1. The molecule has 0 bridgehead atoms. The molecule has 0 aromatic rings. The van der Waals surface area contributed by atoms with Crippen LogP contribution in [0.15, 0.2) is 0 Å². The van der Waals surface area contributed by atoms with Crippen LogP contribution in [0.25, 0.3) is 0 Å². The molecule has 1 saturated heterocycles. The van der Waals surface area contributed by atoms with E-state index in [4.69, 9.17) is 0 Å². The summed E-state index contributed by atoms with van der Waals surface area (Å²) >= 11 is 0. The number of halogens is 2. The minimum absolute atomic E-state index is 0.121. The highest BCUT2D eigenvalue weighted by Gasteiger charge is 2.42. The van der Waals surface area contributed by atoms with Gasteiger partial charge in [0.25, 0.3) is 0 Å². The lowest BCUT2D eigenvalue weighted by Gasteiger charge is -2.33. The zero-order chi connectivity index (χ0) is 14.2. The van der Waals surface area contributed by atoms with Crippen molar-refractivity contribution in [1.29, 1.82) is 0 Å². The Kier molecular flexibility index (Phi) is 3.98. The second-order valence-electron chi connectivity index (χ2n) is 6.65. The fraction of sp³-hybridized carbons (Fsp3) is 0.933. The lowest BCUT2D eigenvalue weighted by atomic mass is 9.85. The smallest absolute Gasteiger partial charge is 0.248 e. The Balaban J connectivity index is 1.58. The molecule has 3 nitrogen and oxygen atoms in total. The Morgan fingerprint density at radius 3 is 2.40 bits per heavy atom. The van der Waals surface area contributed by atoms with Gasteiger partial charge in [-0.15, -0.1) is 0 Å². The van der Waals surface area contributed by atoms with Crippen LogP contribution in [0.3, 0.4) is 0 Å². The Morgan fingerprint density at radius 2 is 1.85 bits per heavy atom. The normalized spacial score (nSPS) is 30.4. The fourth-order valence-corrected chi connectivity index (χ4v) is 3.48. The van der Waals surface area contributed by atoms with Crippen molar-refractivity contribution in [2.24, 2.45) is 5.92 Å². The van der Waals surface area contributed by atoms with E-state index >= 15 is 0 Å². The molecule has 1 amide bonds. The minimum Gasteiger partial charge on any atom is -0.338 e. The summed E-state index contributed by atoms with van der Waals surface area (Å²) in [6.45, 7) is 1.81. The largest absolute Gasteiger partial charge is 0.338 e. The lowest BCUT2D eigenvalue weighted by molar-refractivity contribution is -0.140. The first-order valence-corrected chi connectivity index (χ1v) is 7.97. The van der Waals surface area contributed by atoms with Gasteiger partial charge in [-0.05, 0) is 45.1 Å². The topological polar surface area (TPSA) is 32.3 Å². The number of hydrogen-bond acceptors (Lipinski definition) is 2. The summed E-state index contributed by atoms with van der Waals surface area (Å²) in [5, 5.41) is 3.43. The van der Waals surface area contributed by atoms with Gasteiger partial charge in [0, 0.05) is 37.4 Å². The molecule has 0 aromatic carbocycles. The molecule has 1 aliphatic heterocycles. The van der Waals surface area contributed by atoms with Crippen LogP contribution in [0.4, 0.5) is 8.78 Å². The van der Waals surface area contributed by atoms with E-state index in [2.05, 4.69) is 5.32 Å². The van der Waals surface area contributed by atoms with Crippen molar-refractivity contribution in [3.8, 4) is 0 Å². The predicted octanol–water partition coefficient (Wildman–Crippen LogP) is 2.55. The summed E-state index contributed by atoms with van der Waals surface area (Å²) in [5.41, 5.74) is 0. The zero-order valence-electron chi connectivity index (χ0n) is 11.9. The van der Waals surface area contributed by atoms with Gasteiger partial charge in [0.15, 0.2) is 0 Å². The highest BCUT2D eigenvalue weighted by atomic mass is 19.3. The Hall–Kier alpha value is -0.710. The van der Waals surface area contributed by atoms with Gasteiger partial charge in [-0.1, -0.05) is 0 Å². The average molecular weight is 286 g/mol. The Labute approximate surface area is 119 Å². The number of alkyl halides is 2. The molecule has 0 spiro atoms. The van der Waals surface area contributed by atoms with E-state index in [1.54, 1.807) is 0 Å². The maximum Gasteiger partial charge on any atom is 0.248 e. The second kappa shape index (κ2) is 5.58. The number of carbonyl (C=O) groups is 1. The van der Waals surface area contributed by atoms with Crippen molar-refractivity contribution in [2.75, 3.05) is 13.1 Å². The quantitative estimate of drug-likeness (QED) is 0.861. The molecule has 3 aliphatic rings. The first kappa shape index (κ1) is 14.2. The second-order valence-corrected chi connectivity index (χ2v) is 6.65. The van der Waals surface area contributed by atoms with Crippen molar-refractivity contribution in [1.82, 2.24) is 10.2 Å². The van der Waals surface area contributed by atoms with Gasteiger partial charge < -0.3 is 10.2 Å². The molecular weight excluding hydrogens is 262 g/mol. The third-order valence-corrected chi connectivity index (χ3v) is 4.92. The van der Waals surface area contributed by atoms with E-state index in [1.165, 1.54) is 6.42 Å². The van der Waals surface area contributed by atoms with Gasteiger partial charge in [0.05, 0.1) is 0 Å². The summed E-state index contributed by atoms with van der Waals surface area (Å²) in [4.78, 5) is 14.6. The van der Waals surface area contributed by atoms with Gasteiger partial charge in [-0.25, -0.2) is 8.78 Å². The maximum atomic E-state index is 13.2. The van der Waals surface area contributed by atoms with Crippen LogP contribution < -0.4 is 5.32 Å². The van der Waals surface area contributed by atoms with E-state index in [9.17, 15) is 13.6 Å². The van der Waals surface area contributed by atoms with Crippen molar-refractivity contribution in [3.05, 3.63) is 0 Å². The van der Waals surface area contributed by atoms with Crippen LogP contribution in [0, 0.1) is 5.92 Å². The summed E-state index contributed by atoms with van der Waals surface area (Å²) in [6.07, 6.45) is 4.93. The molecule has 3 fully saturated rings. The zero-order valence-corrected chi connectivity index (χ0v) is 11.9. The molecule has 1 atom stereocenters. The molecule has 3 rings (SSSR count). The number of hydrogen-bond donors (Lipinski definition) is 1. The van der Waals surface area contributed by atoms with Gasteiger partial charge in [-0.3, -0.25) is 4.79 Å². The van der Waals surface area contributed by atoms with Crippen LogP contribution >= 0.6 is 0 Å². The third-order valence-electron chi connectivity index (χ3n) is 4.92. The maximum absolute atomic E-state index is 13.2. The molecule has 2 saturated carbocycles. The van der Waals surface area contributed by atoms with Crippen molar-refractivity contribution >= 4 is 5.91 Å². The Morgan fingerprint density at radius 1 is 1.15 bits per heavy atom. The number of nitrogens with zero attached hydrogens (tertiary/aromatic N) is 1. The van der Waals surface area contributed by atoms with Crippen molar-refractivity contribution in [3.63, 3.8) is 0 Å². The van der Waals surface area contributed by atoms with Crippen LogP contribution in [0.1, 0.15) is 51.4 Å². The fourth-order valence-electron chi connectivity index (χ4n) is 3.48. The lowest BCUT2D eigenvalue weighted by Crippen LogP contribution is -2.46. The summed E-state index contributed by atoms with van der Waals surface area (Å²) in [7, 11) is 0. The molecule has 0 radical (unpaired) electrons. The predicted molar refractivity (Wildman–Crippen MR) is 72.7 cm³/mol. The minimum atomic E-state index is -2.55. The third kappa shape index (κ3) is 3.30. The first-order chi connectivity index (χ1) is 9.55. The molecule has 114 valence electrons. The van der Waals surface area contributed by atoms with Crippen LogP contribution in [-0.4, -0.2) is 41.9 Å². The summed E-state index contributed by atoms with van der Waals surface area (Å²) < 4.78 is 26.4. The molecule has 1 N–H and O–H groups in total. The van der Waals surface area contributed by atoms with Crippen LogP contribution in [0.5, 0.6) is 0 Å². The average Bonchev–Trinajstić information content (AvgIpc) is 3.12. The first-order valence-electron chi connectivity index (χ1n) is 7.97. The van der Waals surface area contributed by atoms with E-state index in [0.29, 0.717) is 24.9 Å². The monoisotopic (exact) mass is 286 g/mol. The SMILES string of the molecule is O=C(C1CCC(F)(F)CC1)N(CC1CCCN1)C1CC1. The van der Waals surface area contributed by atoms with E-state index in [0.717, 1.165) is 32.4 Å². The molecule has 2 aliphatic carbocycles. The van der Waals surface area contributed by atoms with E-state index < -0.39 is 5.92 Å². The van der Waals surface area contributed by atoms with Crippen LogP contribution in [0.2, 0.25) is 0 Å². The molecule has 1 unspecified atom stereocenters. The number of nitrogens with one attached hydrogen (secondary N) is 1. The van der Waals surface area contributed by atoms with Crippen LogP contribution in [-0.2, 0) is 4.79 Å². The number of carbonyl (C=O) groups excluding carboxylic acids is 1. The van der Waals surface area contributed by atoms with Crippen molar-refractivity contribution in [2.45, 2.75) is 69.4 Å². The van der Waals surface area contributed by atoms with Gasteiger partial charge in [-0.2, -0.15) is 0 Å². The molecule has 0 aromatic heterocycles. The Bertz CT molecular complexity index is 355. The highest BCUT2D eigenvalue weighted by molar-refractivity contribution is 5.79. The molecule has 5 heteroatoms. The summed E-state index contributed by atoms with van der Waals surface area (Å²) in [6, 6.07) is 0.789. The van der Waals surface area contributed by atoms with Crippen molar-refractivity contribution < 1.29 is 13.6 Å². The highest BCUT2D eigenvalue weighted by Crippen LogP contribution is 2.38.